The summed E-state index contributed by atoms with van der Waals surface area (Å²) in [6, 6.07) is 6.10. The van der Waals surface area contributed by atoms with Crippen LogP contribution in [-0.2, 0) is 11.9 Å². The number of benzene rings is 1. The zero-order valence-corrected chi connectivity index (χ0v) is 16.4. The molecule has 0 saturated heterocycles. The van der Waals surface area contributed by atoms with E-state index in [0.29, 0.717) is 13.2 Å². The van der Waals surface area contributed by atoms with Crippen molar-refractivity contribution in [3.05, 3.63) is 43.0 Å². The number of thiophene rings is 1. The third-order valence-electron chi connectivity index (χ3n) is 2.50. The van der Waals surface area contributed by atoms with Gasteiger partial charge in [0.05, 0.1) is 11.1 Å². The molecule has 2 aromatic rings. The minimum absolute atomic E-state index is 0.530. The molecule has 0 aliphatic heterocycles. The molecule has 1 aromatic carbocycles. The first-order valence-electron chi connectivity index (χ1n) is 6.01. The van der Waals surface area contributed by atoms with E-state index in [4.69, 9.17) is 9.47 Å². The quantitative estimate of drug-likeness (QED) is 0.458. The van der Waals surface area contributed by atoms with Crippen LogP contribution in [0.3, 0.4) is 0 Å². The van der Waals surface area contributed by atoms with Crippen molar-refractivity contribution in [3.8, 4) is 11.5 Å². The molecule has 2 nitrogen and oxygen atoms in total. The maximum Gasteiger partial charge on any atom is 0.175 e. The van der Waals surface area contributed by atoms with Gasteiger partial charge < -0.3 is 9.47 Å². The molecule has 0 fully saturated rings. The highest BCUT2D eigenvalue weighted by Gasteiger charge is 2.12. The van der Waals surface area contributed by atoms with Gasteiger partial charge >= 0.3 is 0 Å². The second kappa shape index (κ2) is 7.82. The van der Waals surface area contributed by atoms with Crippen LogP contribution < -0.4 is 9.47 Å². The highest BCUT2D eigenvalue weighted by Crippen LogP contribution is 2.38. The number of alkyl halides is 1. The fraction of sp³-hybridized carbons (Fsp3) is 0.286. The summed E-state index contributed by atoms with van der Waals surface area (Å²) >= 11 is 12.1. The van der Waals surface area contributed by atoms with Crippen LogP contribution in [0.2, 0.25) is 0 Å². The lowest BCUT2D eigenvalue weighted by atomic mass is 10.2. The first kappa shape index (κ1) is 16.3. The van der Waals surface area contributed by atoms with Gasteiger partial charge in [0.1, 0.15) is 6.61 Å². The third-order valence-corrected chi connectivity index (χ3v) is 5.41. The third kappa shape index (κ3) is 4.23. The van der Waals surface area contributed by atoms with Gasteiger partial charge in [-0.3, -0.25) is 0 Å². The van der Waals surface area contributed by atoms with Gasteiger partial charge in [-0.15, -0.1) is 11.3 Å². The van der Waals surface area contributed by atoms with Crippen molar-refractivity contribution >= 4 is 59.1 Å². The molecule has 0 spiro atoms. The fourth-order valence-electron chi connectivity index (χ4n) is 1.67. The monoisotopic (exact) mass is 482 g/mol. The molecule has 0 aliphatic rings. The van der Waals surface area contributed by atoms with E-state index in [9.17, 15) is 0 Å². The minimum atomic E-state index is 0.530. The van der Waals surface area contributed by atoms with Crippen molar-refractivity contribution in [2.75, 3.05) is 6.61 Å². The Morgan fingerprint density at radius 3 is 2.55 bits per heavy atom. The van der Waals surface area contributed by atoms with Crippen molar-refractivity contribution in [1.82, 2.24) is 0 Å². The largest absolute Gasteiger partial charge is 0.490 e. The second-order valence-electron chi connectivity index (χ2n) is 3.99. The van der Waals surface area contributed by atoms with Crippen LogP contribution in [-0.4, -0.2) is 6.61 Å². The summed E-state index contributed by atoms with van der Waals surface area (Å²) in [7, 11) is 0. The molecule has 1 heterocycles. The van der Waals surface area contributed by atoms with E-state index in [2.05, 4.69) is 53.9 Å². The average molecular weight is 485 g/mol. The van der Waals surface area contributed by atoms with Gasteiger partial charge in [-0.2, -0.15) is 0 Å². The summed E-state index contributed by atoms with van der Waals surface area (Å²) in [6.07, 6.45) is 0. The molecule has 2 rings (SSSR count). The van der Waals surface area contributed by atoms with Crippen molar-refractivity contribution < 1.29 is 9.47 Å². The predicted molar refractivity (Wildman–Crippen MR) is 94.3 cm³/mol. The van der Waals surface area contributed by atoms with Gasteiger partial charge in [-0.1, -0.05) is 15.9 Å². The molecule has 0 aliphatic carbocycles. The highest BCUT2D eigenvalue weighted by molar-refractivity contribution is 9.11. The lowest BCUT2D eigenvalue weighted by Gasteiger charge is -2.14. The molecule has 6 heteroatoms. The zero-order chi connectivity index (χ0) is 14.5. The predicted octanol–water partition coefficient (Wildman–Crippen LogP) is 6.15. The molecule has 0 amide bonds. The Hall–Kier alpha value is -0.0400. The van der Waals surface area contributed by atoms with Gasteiger partial charge in [0, 0.05) is 20.1 Å². The molecule has 0 radical (unpaired) electrons. The van der Waals surface area contributed by atoms with E-state index < -0.39 is 0 Å². The first-order valence-corrected chi connectivity index (χ1v) is 9.59. The Kier molecular flexibility index (Phi) is 6.39. The van der Waals surface area contributed by atoms with E-state index >= 15 is 0 Å². The number of hydrogen-bond acceptors (Lipinski definition) is 3. The molecule has 0 atom stereocenters. The summed E-state index contributed by atoms with van der Waals surface area (Å²) < 4.78 is 13.6. The van der Waals surface area contributed by atoms with Crippen molar-refractivity contribution in [1.29, 1.82) is 0 Å². The zero-order valence-electron chi connectivity index (χ0n) is 10.8. The summed E-state index contributed by atoms with van der Waals surface area (Å²) in [5.41, 5.74) is 1.14. The van der Waals surface area contributed by atoms with Gasteiger partial charge in [-0.25, -0.2) is 0 Å². The Labute approximate surface area is 147 Å². The maximum atomic E-state index is 5.92. The van der Waals surface area contributed by atoms with Gasteiger partial charge in [0.2, 0.25) is 0 Å². The normalized spacial score (nSPS) is 10.6. The lowest BCUT2D eigenvalue weighted by molar-refractivity contribution is 0.269. The second-order valence-corrected chi connectivity index (χ2v) is 7.32. The standard InChI is InChI=1S/C14H13Br3O2S/c1-2-18-13-4-9(6-15)3-12(17)14(13)19-7-11-5-10(16)8-20-11/h3-5,8H,2,6-7H2,1H3. The summed E-state index contributed by atoms with van der Waals surface area (Å²) in [5.74, 6) is 1.52. The van der Waals surface area contributed by atoms with Crippen molar-refractivity contribution in [2.24, 2.45) is 0 Å². The molecular formula is C14H13Br3O2S. The molecule has 0 bridgehead atoms. The fourth-order valence-corrected chi connectivity index (χ4v) is 3.96. The topological polar surface area (TPSA) is 18.5 Å². The molecule has 108 valence electrons. The summed E-state index contributed by atoms with van der Waals surface area (Å²) in [6.45, 7) is 3.11. The van der Waals surface area contributed by atoms with E-state index in [-0.39, 0.29) is 0 Å². The number of rotatable bonds is 6. The highest BCUT2D eigenvalue weighted by atomic mass is 79.9. The molecule has 0 N–H and O–H groups in total. The lowest BCUT2D eigenvalue weighted by Crippen LogP contribution is -2.00. The summed E-state index contributed by atoms with van der Waals surface area (Å²) in [5, 5.41) is 2.83. The van der Waals surface area contributed by atoms with Crippen molar-refractivity contribution in [3.63, 3.8) is 0 Å². The van der Waals surface area contributed by atoms with E-state index in [0.717, 1.165) is 36.2 Å². The van der Waals surface area contributed by atoms with Gasteiger partial charge in [0.25, 0.3) is 0 Å². The number of hydrogen-bond donors (Lipinski definition) is 0. The maximum absolute atomic E-state index is 5.92. The van der Waals surface area contributed by atoms with Crippen molar-refractivity contribution in [2.45, 2.75) is 18.9 Å². The first-order chi connectivity index (χ1) is 9.63. The van der Waals surface area contributed by atoms with E-state index in [1.54, 1.807) is 11.3 Å². The Bertz CT molecular complexity index is 584. The average Bonchev–Trinajstić information content (AvgIpc) is 2.83. The minimum Gasteiger partial charge on any atom is -0.490 e. The molecule has 20 heavy (non-hydrogen) atoms. The molecule has 0 saturated carbocycles. The van der Waals surface area contributed by atoms with Crippen LogP contribution in [0.1, 0.15) is 17.4 Å². The number of ether oxygens (including phenoxy) is 2. The molecule has 0 unspecified atom stereocenters. The van der Waals surface area contributed by atoms with Crippen LogP contribution >= 0.6 is 59.1 Å². The Morgan fingerprint density at radius 1 is 1.15 bits per heavy atom. The molecule has 1 aromatic heterocycles. The van der Waals surface area contributed by atoms with E-state index in [1.165, 1.54) is 0 Å². The van der Waals surface area contributed by atoms with Crippen LogP contribution in [0, 0.1) is 0 Å². The van der Waals surface area contributed by atoms with Crippen LogP contribution in [0.15, 0.2) is 32.5 Å². The van der Waals surface area contributed by atoms with Crippen LogP contribution in [0.4, 0.5) is 0 Å². The molecular weight excluding hydrogens is 472 g/mol. The summed E-state index contributed by atoms with van der Waals surface area (Å²) in [4.78, 5) is 1.16. The number of halogens is 3. The Balaban J connectivity index is 2.20. The van der Waals surface area contributed by atoms with Crippen LogP contribution in [0.25, 0.3) is 0 Å². The van der Waals surface area contributed by atoms with E-state index in [1.807, 2.05) is 24.4 Å². The Morgan fingerprint density at radius 2 is 1.95 bits per heavy atom. The van der Waals surface area contributed by atoms with Gasteiger partial charge in [0.15, 0.2) is 11.5 Å². The SMILES string of the molecule is CCOc1cc(CBr)cc(Br)c1OCc1cc(Br)cs1. The van der Waals surface area contributed by atoms with Crippen LogP contribution in [0.5, 0.6) is 11.5 Å². The smallest absolute Gasteiger partial charge is 0.175 e. The van der Waals surface area contributed by atoms with Gasteiger partial charge in [-0.05, 0) is 62.5 Å².